The van der Waals surface area contributed by atoms with E-state index in [1.54, 1.807) is 0 Å². The second-order valence-electron chi connectivity index (χ2n) is 8.43. The fourth-order valence-electron chi connectivity index (χ4n) is 3.81. The molecule has 0 aromatic heterocycles. The molecule has 2 nitrogen and oxygen atoms in total. The van der Waals surface area contributed by atoms with E-state index in [4.69, 9.17) is 10.5 Å². The molecular weight excluding hydrogens is 210 g/mol. The number of ether oxygens (including phenoxy) is 1. The Morgan fingerprint density at radius 3 is 1.65 bits per heavy atom. The molecule has 2 N–H and O–H groups in total. The van der Waals surface area contributed by atoms with Crippen LogP contribution >= 0.6 is 0 Å². The summed E-state index contributed by atoms with van der Waals surface area (Å²) < 4.78 is 5.94. The summed E-state index contributed by atoms with van der Waals surface area (Å²) in [6.07, 6.45) is 0. The largest absolute Gasteiger partial charge is 0.380 e. The van der Waals surface area contributed by atoms with E-state index in [0.717, 1.165) is 13.2 Å². The third-order valence-corrected chi connectivity index (χ3v) is 4.85. The Morgan fingerprint density at radius 2 is 1.35 bits per heavy atom. The van der Waals surface area contributed by atoms with Gasteiger partial charge in [-0.25, -0.2) is 0 Å². The van der Waals surface area contributed by atoms with Crippen molar-refractivity contribution in [3.8, 4) is 0 Å². The predicted molar refractivity (Wildman–Crippen MR) is 73.9 cm³/mol. The van der Waals surface area contributed by atoms with Gasteiger partial charge in [-0.15, -0.1) is 0 Å². The molecule has 0 amide bonds. The Morgan fingerprint density at radius 1 is 0.941 bits per heavy atom. The molecule has 0 saturated carbocycles. The van der Waals surface area contributed by atoms with Crippen molar-refractivity contribution in [2.75, 3.05) is 13.2 Å². The first-order valence-electron chi connectivity index (χ1n) is 6.70. The SMILES string of the molecule is CC1(C)COCC(C(C)(C)C)(C(C)(C)C)C1N. The second-order valence-corrected chi connectivity index (χ2v) is 8.43. The van der Waals surface area contributed by atoms with E-state index < -0.39 is 0 Å². The molecule has 1 unspecified atom stereocenters. The summed E-state index contributed by atoms with van der Waals surface area (Å²) in [7, 11) is 0. The van der Waals surface area contributed by atoms with Gasteiger partial charge in [0.15, 0.2) is 0 Å². The predicted octanol–water partition coefficient (Wildman–Crippen LogP) is 3.45. The molecule has 0 aromatic carbocycles. The molecule has 1 atom stereocenters. The van der Waals surface area contributed by atoms with Gasteiger partial charge < -0.3 is 10.5 Å². The minimum absolute atomic E-state index is 0.00174. The van der Waals surface area contributed by atoms with E-state index in [9.17, 15) is 0 Å². The van der Waals surface area contributed by atoms with Crippen LogP contribution in [0.15, 0.2) is 0 Å². The highest BCUT2D eigenvalue weighted by Gasteiger charge is 2.60. The summed E-state index contributed by atoms with van der Waals surface area (Å²) in [4.78, 5) is 0. The van der Waals surface area contributed by atoms with Crippen LogP contribution in [-0.4, -0.2) is 19.3 Å². The van der Waals surface area contributed by atoms with Crippen molar-refractivity contribution in [2.45, 2.75) is 61.4 Å². The number of hydrogen-bond acceptors (Lipinski definition) is 2. The number of rotatable bonds is 0. The van der Waals surface area contributed by atoms with Crippen molar-refractivity contribution in [2.24, 2.45) is 27.4 Å². The van der Waals surface area contributed by atoms with Crippen LogP contribution in [0.2, 0.25) is 0 Å². The average molecular weight is 241 g/mol. The first kappa shape index (κ1) is 15.0. The van der Waals surface area contributed by atoms with Gasteiger partial charge in [-0.3, -0.25) is 0 Å². The molecule has 0 aromatic rings. The van der Waals surface area contributed by atoms with E-state index in [1.165, 1.54) is 0 Å². The van der Waals surface area contributed by atoms with Gasteiger partial charge in [-0.05, 0) is 10.8 Å². The molecule has 1 rings (SSSR count). The molecule has 0 bridgehead atoms. The summed E-state index contributed by atoms with van der Waals surface area (Å²) >= 11 is 0. The maximum absolute atomic E-state index is 6.68. The smallest absolute Gasteiger partial charge is 0.0547 e. The van der Waals surface area contributed by atoms with Crippen LogP contribution in [0.3, 0.4) is 0 Å². The monoisotopic (exact) mass is 241 g/mol. The Labute approximate surface area is 107 Å². The maximum atomic E-state index is 6.68. The van der Waals surface area contributed by atoms with Crippen molar-refractivity contribution < 1.29 is 4.74 Å². The minimum Gasteiger partial charge on any atom is -0.380 e. The van der Waals surface area contributed by atoms with Crippen LogP contribution in [0.5, 0.6) is 0 Å². The lowest BCUT2D eigenvalue weighted by Gasteiger charge is -2.62. The highest BCUT2D eigenvalue weighted by Crippen LogP contribution is 2.58. The third-order valence-electron chi connectivity index (χ3n) is 4.85. The lowest BCUT2D eigenvalue weighted by molar-refractivity contribution is -0.189. The summed E-state index contributed by atoms with van der Waals surface area (Å²) in [5.74, 6) is 0. The molecule has 1 heterocycles. The van der Waals surface area contributed by atoms with Gasteiger partial charge in [-0.2, -0.15) is 0 Å². The van der Waals surface area contributed by atoms with E-state index >= 15 is 0 Å². The Kier molecular flexibility index (Phi) is 3.49. The summed E-state index contributed by atoms with van der Waals surface area (Å²) in [6, 6.07) is 0.156. The van der Waals surface area contributed by atoms with Crippen LogP contribution in [-0.2, 0) is 4.74 Å². The summed E-state index contributed by atoms with van der Waals surface area (Å²) in [5, 5.41) is 0. The Bertz CT molecular complexity index is 266. The topological polar surface area (TPSA) is 35.2 Å². The zero-order chi connectivity index (χ0) is 13.7. The van der Waals surface area contributed by atoms with Crippen molar-refractivity contribution in [3.05, 3.63) is 0 Å². The number of nitrogens with two attached hydrogens (primary N) is 1. The van der Waals surface area contributed by atoms with Gasteiger partial charge in [0.05, 0.1) is 13.2 Å². The van der Waals surface area contributed by atoms with Gasteiger partial charge in [-0.1, -0.05) is 55.4 Å². The third kappa shape index (κ3) is 2.15. The molecule has 0 aliphatic carbocycles. The Hall–Kier alpha value is -0.0800. The van der Waals surface area contributed by atoms with E-state index in [0.29, 0.717) is 0 Å². The van der Waals surface area contributed by atoms with Gasteiger partial charge in [0.25, 0.3) is 0 Å². The van der Waals surface area contributed by atoms with Gasteiger partial charge >= 0.3 is 0 Å². The molecular formula is C15H31NO. The van der Waals surface area contributed by atoms with Crippen LogP contribution in [0.4, 0.5) is 0 Å². The van der Waals surface area contributed by atoms with E-state index in [1.807, 2.05) is 0 Å². The zero-order valence-electron chi connectivity index (χ0n) is 13.0. The van der Waals surface area contributed by atoms with Crippen molar-refractivity contribution in [3.63, 3.8) is 0 Å². The second kappa shape index (κ2) is 3.96. The fourth-order valence-corrected chi connectivity index (χ4v) is 3.81. The standard InChI is InChI=1S/C15H31NO/c1-12(2,3)15(13(4,5)6)10-17-9-14(7,8)11(15)16/h11H,9-10,16H2,1-8H3. The fraction of sp³-hybridized carbons (Fsp3) is 1.00. The van der Waals surface area contributed by atoms with Crippen LogP contribution in [0, 0.1) is 21.7 Å². The van der Waals surface area contributed by atoms with Crippen molar-refractivity contribution in [1.82, 2.24) is 0 Å². The first-order chi connectivity index (χ1) is 7.36. The molecule has 1 aliphatic heterocycles. The molecule has 0 radical (unpaired) electrons. The lowest BCUT2D eigenvalue weighted by Crippen LogP contribution is -2.68. The van der Waals surface area contributed by atoms with Crippen LogP contribution < -0.4 is 5.73 Å². The normalized spacial score (nSPS) is 29.1. The van der Waals surface area contributed by atoms with Gasteiger partial charge in [0, 0.05) is 16.9 Å². The molecule has 1 aliphatic rings. The Balaban J connectivity index is 3.34. The quantitative estimate of drug-likeness (QED) is 0.705. The molecule has 1 saturated heterocycles. The number of hydrogen-bond donors (Lipinski definition) is 1. The first-order valence-corrected chi connectivity index (χ1v) is 6.70. The minimum atomic E-state index is 0.00174. The lowest BCUT2D eigenvalue weighted by atomic mass is 9.47. The average Bonchev–Trinajstić information content (AvgIpc) is 2.05. The zero-order valence-corrected chi connectivity index (χ0v) is 13.0. The van der Waals surface area contributed by atoms with Gasteiger partial charge in [0.2, 0.25) is 0 Å². The molecule has 17 heavy (non-hydrogen) atoms. The highest BCUT2D eigenvalue weighted by atomic mass is 16.5. The van der Waals surface area contributed by atoms with Crippen molar-refractivity contribution >= 4 is 0 Å². The molecule has 0 spiro atoms. The maximum Gasteiger partial charge on any atom is 0.0547 e. The molecule has 102 valence electrons. The van der Waals surface area contributed by atoms with Crippen LogP contribution in [0.1, 0.15) is 55.4 Å². The van der Waals surface area contributed by atoms with Crippen molar-refractivity contribution in [1.29, 1.82) is 0 Å². The summed E-state index contributed by atoms with van der Waals surface area (Å²) in [6.45, 7) is 19.8. The summed E-state index contributed by atoms with van der Waals surface area (Å²) in [5.41, 5.74) is 6.98. The van der Waals surface area contributed by atoms with Crippen LogP contribution in [0.25, 0.3) is 0 Å². The molecule has 1 fully saturated rings. The van der Waals surface area contributed by atoms with E-state index in [-0.39, 0.29) is 27.7 Å². The highest BCUT2D eigenvalue weighted by molar-refractivity contribution is 5.10. The molecule has 2 heteroatoms. The van der Waals surface area contributed by atoms with Gasteiger partial charge in [0.1, 0.15) is 0 Å². The van der Waals surface area contributed by atoms with E-state index in [2.05, 4.69) is 55.4 Å².